The Morgan fingerprint density at radius 3 is 2.72 bits per heavy atom. The minimum absolute atomic E-state index is 0.710. The van der Waals surface area contributed by atoms with Crippen LogP contribution >= 0.6 is 0 Å². The summed E-state index contributed by atoms with van der Waals surface area (Å²) in [6, 6.07) is 8.65. The van der Waals surface area contributed by atoms with Crippen molar-refractivity contribution in [2.75, 3.05) is 0 Å². The van der Waals surface area contributed by atoms with Gasteiger partial charge in [-0.15, -0.1) is 0 Å². The van der Waals surface area contributed by atoms with Crippen LogP contribution < -0.4 is 0 Å². The van der Waals surface area contributed by atoms with E-state index in [2.05, 4.69) is 38.1 Å². The quantitative estimate of drug-likeness (QED) is 0.761. The Hall–Kier alpha value is -1.37. The molecule has 1 aliphatic rings. The Balaban J connectivity index is 2.25. The van der Waals surface area contributed by atoms with Gasteiger partial charge in [-0.25, -0.2) is 0 Å². The maximum Gasteiger partial charge on any atom is 0.0708 e. The van der Waals surface area contributed by atoms with Gasteiger partial charge in [-0.05, 0) is 55.2 Å². The van der Waals surface area contributed by atoms with E-state index in [1.54, 1.807) is 11.1 Å². The lowest BCUT2D eigenvalue weighted by atomic mass is 9.86. The molecule has 1 aliphatic carbocycles. The molecule has 0 amide bonds. The Morgan fingerprint density at radius 1 is 1.11 bits per heavy atom. The van der Waals surface area contributed by atoms with Gasteiger partial charge in [0.25, 0.3) is 0 Å². The highest BCUT2D eigenvalue weighted by Crippen LogP contribution is 2.30. The highest BCUT2D eigenvalue weighted by molar-refractivity contribution is 5.83. The summed E-state index contributed by atoms with van der Waals surface area (Å²) in [4.78, 5) is 4.88. The highest BCUT2D eigenvalue weighted by atomic mass is 14.7. The maximum absolute atomic E-state index is 4.88. The van der Waals surface area contributed by atoms with E-state index in [9.17, 15) is 0 Å². The molecular weight excluding hydrogens is 218 g/mol. The number of para-hydroxylation sites is 1. The molecule has 0 N–H and O–H groups in total. The van der Waals surface area contributed by atoms with Gasteiger partial charge in [-0.1, -0.05) is 32.0 Å². The van der Waals surface area contributed by atoms with Crippen LogP contribution in [0.4, 0.5) is 0 Å². The summed E-state index contributed by atoms with van der Waals surface area (Å²) < 4.78 is 0. The van der Waals surface area contributed by atoms with Crippen LogP contribution in [0, 0.1) is 5.92 Å². The van der Waals surface area contributed by atoms with Crippen LogP contribution in [0.5, 0.6) is 0 Å². The predicted octanol–water partition coefficient (Wildman–Crippen LogP) is 4.31. The molecule has 0 radical (unpaired) electrons. The average Bonchev–Trinajstić information content (AvgIpc) is 2.38. The molecule has 2 aromatic rings. The summed E-state index contributed by atoms with van der Waals surface area (Å²) in [6.45, 7) is 4.62. The van der Waals surface area contributed by atoms with Crippen LogP contribution in [0.25, 0.3) is 10.9 Å². The molecular formula is C17H21N. The molecule has 0 aliphatic heterocycles. The third-order valence-corrected chi connectivity index (χ3v) is 3.90. The molecule has 0 saturated heterocycles. The lowest BCUT2D eigenvalue weighted by Gasteiger charge is -2.21. The Morgan fingerprint density at radius 2 is 1.89 bits per heavy atom. The van der Waals surface area contributed by atoms with Crippen molar-refractivity contribution in [3.63, 3.8) is 0 Å². The fourth-order valence-electron chi connectivity index (χ4n) is 3.11. The zero-order chi connectivity index (χ0) is 12.5. The summed E-state index contributed by atoms with van der Waals surface area (Å²) in [6.07, 6.45) is 6.23. The first kappa shape index (κ1) is 11.7. The Bertz CT molecular complexity index is 569. The minimum Gasteiger partial charge on any atom is -0.253 e. The molecule has 18 heavy (non-hydrogen) atoms. The molecule has 0 atom stereocenters. The van der Waals surface area contributed by atoms with Crippen molar-refractivity contribution < 1.29 is 0 Å². The molecule has 0 saturated carbocycles. The average molecular weight is 239 g/mol. The van der Waals surface area contributed by atoms with Gasteiger partial charge in [0, 0.05) is 11.1 Å². The fourth-order valence-corrected chi connectivity index (χ4v) is 3.11. The number of aryl methyl sites for hydroxylation is 1. The summed E-state index contributed by atoms with van der Waals surface area (Å²) >= 11 is 0. The molecule has 0 unspecified atom stereocenters. The molecule has 1 nitrogen and oxygen atoms in total. The summed E-state index contributed by atoms with van der Waals surface area (Å²) in [5.41, 5.74) is 5.70. The fraction of sp³-hybridized carbons (Fsp3) is 0.471. The summed E-state index contributed by atoms with van der Waals surface area (Å²) in [7, 11) is 0. The molecule has 0 fully saturated rings. The minimum atomic E-state index is 0.710. The van der Waals surface area contributed by atoms with Gasteiger partial charge in [0.1, 0.15) is 0 Å². The molecule has 0 bridgehead atoms. The van der Waals surface area contributed by atoms with E-state index in [0.717, 1.165) is 0 Å². The van der Waals surface area contributed by atoms with Crippen LogP contribution in [0.1, 0.15) is 43.5 Å². The normalized spacial score (nSPS) is 15.1. The van der Waals surface area contributed by atoms with E-state index in [0.29, 0.717) is 5.92 Å². The maximum atomic E-state index is 4.88. The highest BCUT2D eigenvalue weighted by Gasteiger charge is 2.18. The van der Waals surface area contributed by atoms with Crippen molar-refractivity contribution >= 4 is 10.9 Å². The largest absolute Gasteiger partial charge is 0.253 e. The smallest absolute Gasteiger partial charge is 0.0708 e. The van der Waals surface area contributed by atoms with Gasteiger partial charge in [-0.2, -0.15) is 0 Å². The number of hydrogen-bond donors (Lipinski definition) is 0. The number of nitrogens with zero attached hydrogens (tertiary/aromatic N) is 1. The third-order valence-electron chi connectivity index (χ3n) is 3.90. The Labute approximate surface area is 109 Å². The lowest BCUT2D eigenvalue weighted by molar-refractivity contribution is 0.623. The third kappa shape index (κ3) is 2.03. The van der Waals surface area contributed by atoms with Crippen LogP contribution in [0.15, 0.2) is 24.3 Å². The molecule has 1 aromatic carbocycles. The number of rotatable bonds is 2. The number of benzene rings is 1. The zero-order valence-electron chi connectivity index (χ0n) is 11.4. The Kier molecular flexibility index (Phi) is 3.07. The van der Waals surface area contributed by atoms with Gasteiger partial charge >= 0.3 is 0 Å². The van der Waals surface area contributed by atoms with Crippen LogP contribution in [-0.4, -0.2) is 4.98 Å². The topological polar surface area (TPSA) is 12.9 Å². The van der Waals surface area contributed by atoms with Crippen molar-refractivity contribution in [2.45, 2.75) is 46.0 Å². The molecule has 94 valence electrons. The first-order chi connectivity index (χ1) is 8.75. The van der Waals surface area contributed by atoms with Crippen LogP contribution in [-0.2, 0) is 19.3 Å². The van der Waals surface area contributed by atoms with Gasteiger partial charge in [0.2, 0.25) is 0 Å². The molecule has 1 heteroatoms. The molecule has 1 heterocycles. The second-order valence-electron chi connectivity index (χ2n) is 5.84. The van der Waals surface area contributed by atoms with Gasteiger partial charge < -0.3 is 0 Å². The lowest BCUT2D eigenvalue weighted by Crippen LogP contribution is -2.11. The van der Waals surface area contributed by atoms with E-state index < -0.39 is 0 Å². The second-order valence-corrected chi connectivity index (χ2v) is 5.84. The van der Waals surface area contributed by atoms with Crippen molar-refractivity contribution in [3.8, 4) is 0 Å². The standard InChI is InChI=1S/C17H21N/c1-12(2)11-15-13-7-3-5-9-16(13)18-17-10-6-4-8-14(15)17/h3,5,7,9,12H,4,6,8,10-11H2,1-2H3. The van der Waals surface area contributed by atoms with E-state index in [4.69, 9.17) is 4.98 Å². The molecule has 0 spiro atoms. The van der Waals surface area contributed by atoms with Gasteiger partial charge in [0.05, 0.1) is 5.52 Å². The van der Waals surface area contributed by atoms with E-state index in [1.807, 2.05) is 0 Å². The summed E-state index contributed by atoms with van der Waals surface area (Å²) in [5.74, 6) is 0.710. The van der Waals surface area contributed by atoms with Crippen molar-refractivity contribution in [1.82, 2.24) is 4.98 Å². The number of fused-ring (bicyclic) bond motifs is 2. The van der Waals surface area contributed by atoms with E-state index in [1.165, 1.54) is 48.7 Å². The van der Waals surface area contributed by atoms with Crippen LogP contribution in [0.2, 0.25) is 0 Å². The number of pyridine rings is 1. The monoisotopic (exact) mass is 239 g/mol. The van der Waals surface area contributed by atoms with Gasteiger partial charge in [0.15, 0.2) is 0 Å². The van der Waals surface area contributed by atoms with Crippen molar-refractivity contribution in [3.05, 3.63) is 41.1 Å². The van der Waals surface area contributed by atoms with Crippen molar-refractivity contribution in [1.29, 1.82) is 0 Å². The van der Waals surface area contributed by atoms with E-state index >= 15 is 0 Å². The number of aromatic nitrogens is 1. The molecule has 1 aromatic heterocycles. The predicted molar refractivity (Wildman–Crippen MR) is 76.9 cm³/mol. The van der Waals surface area contributed by atoms with Crippen LogP contribution in [0.3, 0.4) is 0 Å². The number of hydrogen-bond acceptors (Lipinski definition) is 1. The first-order valence-corrected chi connectivity index (χ1v) is 7.15. The SMILES string of the molecule is CC(C)Cc1c2c(nc3ccccc13)CCCC2. The second kappa shape index (κ2) is 4.72. The van der Waals surface area contributed by atoms with Gasteiger partial charge in [-0.3, -0.25) is 4.98 Å². The van der Waals surface area contributed by atoms with E-state index in [-0.39, 0.29) is 0 Å². The zero-order valence-corrected chi connectivity index (χ0v) is 11.4. The first-order valence-electron chi connectivity index (χ1n) is 7.15. The summed E-state index contributed by atoms with van der Waals surface area (Å²) in [5, 5.41) is 1.38. The van der Waals surface area contributed by atoms with Crippen molar-refractivity contribution in [2.24, 2.45) is 5.92 Å². The molecule has 3 rings (SSSR count).